The first-order valence-corrected chi connectivity index (χ1v) is 18.9. The minimum Gasteiger partial charge on any atom is -0.493 e. The monoisotopic (exact) mass is 805 g/mol. The molecule has 0 unspecified atom stereocenters. The van der Waals surface area contributed by atoms with E-state index in [0.717, 1.165) is 29.4 Å². The molecule has 4 aromatic carbocycles. The Labute approximate surface area is 331 Å². The Balaban J connectivity index is 0.00000133. The molecule has 57 heavy (non-hydrogen) atoms. The van der Waals surface area contributed by atoms with Gasteiger partial charge in [0.15, 0.2) is 6.29 Å². The molecule has 6 N–H and O–H groups in total. The third-order valence-electron chi connectivity index (χ3n) is 9.03. The van der Waals surface area contributed by atoms with Crippen molar-refractivity contribution in [3.05, 3.63) is 98.6 Å². The molecule has 0 aliphatic heterocycles. The summed E-state index contributed by atoms with van der Waals surface area (Å²) in [6.07, 6.45) is 1.49. The van der Waals surface area contributed by atoms with Gasteiger partial charge in [0.1, 0.15) is 34.2 Å². The predicted octanol–water partition coefficient (Wildman–Crippen LogP) is 7.25. The van der Waals surface area contributed by atoms with Gasteiger partial charge in [-0.3, -0.25) is 14.4 Å². The summed E-state index contributed by atoms with van der Waals surface area (Å²) in [7, 11) is 2.50. The SMILES string of the molecule is CCOc1cccc2sc(C=O)c(-c3nc4cc(C(N)=O)ccc4n3CCn3c(-c4c(C(=O)O)sc5cccc(N=O)c45)nc4cc(C=O)ccc43)c12.CN.CO. The summed E-state index contributed by atoms with van der Waals surface area (Å²) < 4.78 is 11.1. The summed E-state index contributed by atoms with van der Waals surface area (Å²) in [5.41, 5.74) is 13.8. The van der Waals surface area contributed by atoms with Gasteiger partial charge in [-0.15, -0.1) is 27.6 Å². The molecular formula is C40H35N7O8S2. The highest BCUT2D eigenvalue weighted by Gasteiger charge is 2.28. The number of aromatic carboxylic acids is 1. The standard InChI is InChI=1S/C38H26N6O7S2.CH5N.CH4O/c1-2-51-26-6-4-8-28-31(26)32(29(18-46)52-28)36-41-23-16-20(35(39)47)10-12-25(23)43(36)13-14-44-24-11-9-19(17-45)15-22(24)40-37(44)33-30-21(42-50)5-3-7-27(30)53-34(33)38(48)49;2*1-2/h3-12,15-18H,2,13-14H2,1H3,(H2,39,47)(H,48,49);2H2,1H3;2H,1H3. The third kappa shape index (κ3) is 7.04. The maximum absolute atomic E-state index is 12.7. The number of nitrogens with zero attached hydrogens (tertiary/aromatic N) is 5. The first kappa shape index (κ1) is 40.0. The van der Waals surface area contributed by atoms with Gasteiger partial charge < -0.3 is 35.6 Å². The van der Waals surface area contributed by atoms with Crippen LogP contribution in [0.3, 0.4) is 0 Å². The van der Waals surface area contributed by atoms with E-state index in [4.69, 9.17) is 25.5 Å². The molecule has 290 valence electrons. The number of hydrogen-bond donors (Lipinski definition) is 4. The molecule has 0 atom stereocenters. The van der Waals surface area contributed by atoms with Crippen molar-refractivity contribution in [1.29, 1.82) is 0 Å². The third-order valence-corrected chi connectivity index (χ3v) is 11.3. The highest BCUT2D eigenvalue weighted by atomic mass is 32.1. The van der Waals surface area contributed by atoms with E-state index in [-0.39, 0.29) is 40.6 Å². The molecule has 8 rings (SSSR count). The molecule has 1 amide bonds. The van der Waals surface area contributed by atoms with E-state index in [9.17, 15) is 29.2 Å². The maximum Gasteiger partial charge on any atom is 0.346 e. The summed E-state index contributed by atoms with van der Waals surface area (Å²) in [4.78, 5) is 71.6. The highest BCUT2D eigenvalue weighted by molar-refractivity contribution is 7.21. The van der Waals surface area contributed by atoms with Gasteiger partial charge in [0.05, 0.1) is 44.7 Å². The molecule has 0 aliphatic rings. The summed E-state index contributed by atoms with van der Waals surface area (Å²) in [5.74, 6) is -0.537. The number of aryl methyl sites for hydroxylation is 2. The van der Waals surface area contributed by atoms with Gasteiger partial charge in [0.2, 0.25) is 5.91 Å². The lowest BCUT2D eigenvalue weighted by Crippen LogP contribution is -2.12. The molecule has 4 heterocycles. The molecule has 8 aromatic rings. The van der Waals surface area contributed by atoms with Crippen molar-refractivity contribution in [1.82, 2.24) is 19.1 Å². The van der Waals surface area contributed by atoms with Crippen LogP contribution in [0.25, 0.3) is 65.0 Å². The fourth-order valence-electron chi connectivity index (χ4n) is 6.82. The molecule has 4 aromatic heterocycles. The molecule has 0 bridgehead atoms. The molecular weight excluding hydrogens is 771 g/mol. The number of fused-ring (bicyclic) bond motifs is 4. The summed E-state index contributed by atoms with van der Waals surface area (Å²) >= 11 is 2.32. The van der Waals surface area contributed by atoms with Crippen LogP contribution >= 0.6 is 22.7 Å². The number of aliphatic hydroxyl groups excluding tert-OH is 1. The van der Waals surface area contributed by atoms with Crippen LogP contribution < -0.4 is 16.2 Å². The van der Waals surface area contributed by atoms with Crippen LogP contribution in [0.5, 0.6) is 5.75 Å². The number of hydrogen-bond acceptors (Lipinski definition) is 13. The van der Waals surface area contributed by atoms with Gasteiger partial charge >= 0.3 is 5.97 Å². The van der Waals surface area contributed by atoms with Crippen molar-refractivity contribution in [3.8, 4) is 28.5 Å². The minimum absolute atomic E-state index is 0.0279. The fourth-order valence-corrected chi connectivity index (χ4v) is 8.91. The van der Waals surface area contributed by atoms with Crippen LogP contribution in [-0.4, -0.2) is 74.5 Å². The Morgan fingerprint density at radius 3 is 2.04 bits per heavy atom. The maximum atomic E-state index is 12.7. The summed E-state index contributed by atoms with van der Waals surface area (Å²) in [6, 6.07) is 20.4. The first-order valence-electron chi connectivity index (χ1n) is 17.3. The van der Waals surface area contributed by atoms with Crippen LogP contribution in [0, 0.1) is 4.91 Å². The number of thiophene rings is 2. The smallest absolute Gasteiger partial charge is 0.346 e. The fraction of sp³-hybridized carbons (Fsp3) is 0.150. The highest BCUT2D eigenvalue weighted by Crippen LogP contribution is 2.45. The van der Waals surface area contributed by atoms with Crippen molar-refractivity contribution in [2.75, 3.05) is 20.8 Å². The number of aldehydes is 2. The van der Waals surface area contributed by atoms with Crippen molar-refractivity contribution in [2.45, 2.75) is 20.0 Å². The van der Waals surface area contributed by atoms with E-state index in [1.54, 1.807) is 48.5 Å². The van der Waals surface area contributed by atoms with Gasteiger partial charge in [-0.05, 0) is 79.8 Å². The molecule has 0 aliphatic carbocycles. The van der Waals surface area contributed by atoms with Crippen molar-refractivity contribution >= 4 is 95.0 Å². The van der Waals surface area contributed by atoms with E-state index in [0.29, 0.717) is 78.0 Å². The lowest BCUT2D eigenvalue weighted by atomic mass is 10.1. The molecule has 17 heteroatoms. The number of carbonyl (C=O) groups is 4. The quantitative estimate of drug-likeness (QED) is 0.0709. The second kappa shape index (κ2) is 17.0. The van der Waals surface area contributed by atoms with Crippen LogP contribution in [0.15, 0.2) is 78.0 Å². The molecule has 0 fully saturated rings. The predicted molar refractivity (Wildman–Crippen MR) is 222 cm³/mol. The van der Waals surface area contributed by atoms with Crippen molar-refractivity contribution in [2.24, 2.45) is 16.6 Å². The largest absolute Gasteiger partial charge is 0.493 e. The Morgan fingerprint density at radius 1 is 0.825 bits per heavy atom. The number of nitrogens with two attached hydrogens (primary N) is 2. The summed E-state index contributed by atoms with van der Waals surface area (Å²) in [5, 5.41) is 21.7. The van der Waals surface area contributed by atoms with E-state index >= 15 is 0 Å². The van der Waals surface area contributed by atoms with Crippen LogP contribution in [-0.2, 0) is 13.1 Å². The number of ether oxygens (including phenoxy) is 1. The second-order valence-electron chi connectivity index (χ2n) is 12.0. The van der Waals surface area contributed by atoms with Gasteiger partial charge in [-0.1, -0.05) is 12.1 Å². The number of nitroso groups, excluding NO2 is 1. The number of carboxylic acid groups (broad SMARTS) is 1. The number of carbonyl (C=O) groups excluding carboxylic acids is 3. The molecule has 15 nitrogen and oxygen atoms in total. The molecule has 0 radical (unpaired) electrons. The zero-order chi connectivity index (χ0) is 41.0. The van der Waals surface area contributed by atoms with Crippen LogP contribution in [0.2, 0.25) is 0 Å². The van der Waals surface area contributed by atoms with E-state index < -0.39 is 11.9 Å². The minimum atomic E-state index is -1.20. The molecule has 0 spiro atoms. The topological polar surface area (TPSA) is 235 Å². The van der Waals surface area contributed by atoms with E-state index in [2.05, 4.69) is 10.9 Å². The Hall–Kier alpha value is -6.66. The second-order valence-corrected chi connectivity index (χ2v) is 14.1. The Bertz CT molecular complexity index is 2850. The molecule has 0 saturated heterocycles. The number of imidazole rings is 2. The van der Waals surface area contributed by atoms with E-state index in [1.165, 1.54) is 24.5 Å². The van der Waals surface area contributed by atoms with Crippen molar-refractivity contribution < 1.29 is 34.1 Å². The average Bonchev–Trinajstić information content (AvgIpc) is 4.00. The number of benzene rings is 4. The number of aliphatic hydroxyl groups is 1. The Kier molecular flexibility index (Phi) is 11.9. The van der Waals surface area contributed by atoms with Crippen LogP contribution in [0.1, 0.15) is 47.0 Å². The lowest BCUT2D eigenvalue weighted by molar-refractivity contribution is 0.0702. The normalized spacial score (nSPS) is 10.9. The summed E-state index contributed by atoms with van der Waals surface area (Å²) in [6.45, 7) is 2.66. The number of carboxylic acids is 1. The number of rotatable bonds is 12. The van der Waals surface area contributed by atoms with Gasteiger partial charge in [-0.2, -0.15) is 0 Å². The molecule has 0 saturated carbocycles. The first-order chi connectivity index (χ1) is 27.8. The van der Waals surface area contributed by atoms with Gasteiger partial charge in [0, 0.05) is 51.5 Å². The van der Waals surface area contributed by atoms with Crippen LogP contribution in [0.4, 0.5) is 5.69 Å². The lowest BCUT2D eigenvalue weighted by Gasteiger charge is -2.14. The number of aromatic nitrogens is 4. The zero-order valence-electron chi connectivity index (χ0n) is 30.8. The average molecular weight is 806 g/mol. The van der Waals surface area contributed by atoms with Crippen molar-refractivity contribution in [3.63, 3.8) is 0 Å². The van der Waals surface area contributed by atoms with Gasteiger partial charge in [0.25, 0.3) is 0 Å². The van der Waals surface area contributed by atoms with Gasteiger partial charge in [-0.25, -0.2) is 14.8 Å². The zero-order valence-corrected chi connectivity index (χ0v) is 32.4. The number of amides is 1. The Morgan fingerprint density at radius 2 is 1.44 bits per heavy atom. The number of primary amides is 1. The van der Waals surface area contributed by atoms with E-state index in [1.807, 2.05) is 34.3 Å².